The lowest BCUT2D eigenvalue weighted by Crippen LogP contribution is -2.19. The van der Waals surface area contributed by atoms with Gasteiger partial charge in [0.1, 0.15) is 4.90 Å². The topological polar surface area (TPSA) is 122 Å². The lowest BCUT2D eigenvalue weighted by atomic mass is 10.3. The molecule has 0 unspecified atom stereocenters. The first kappa shape index (κ1) is 14.8. The number of rotatable bonds is 3. The van der Waals surface area contributed by atoms with E-state index in [4.69, 9.17) is 10.3 Å². The normalized spacial score (nSPS) is 10.9. The molecule has 0 aliphatic heterocycles. The third kappa shape index (κ3) is 3.94. The number of para-hydroxylation sites is 1. The zero-order valence-electron chi connectivity index (χ0n) is 10.8. The molecule has 0 aromatic heterocycles. The molecule has 0 spiro atoms. The molecule has 110 valence electrons. The zero-order chi connectivity index (χ0) is 15.5. The van der Waals surface area contributed by atoms with E-state index in [1.807, 2.05) is 6.07 Å². The summed E-state index contributed by atoms with van der Waals surface area (Å²) in [6, 6.07) is 12.0. The van der Waals surface area contributed by atoms with E-state index in [2.05, 4.69) is 10.6 Å². The first-order chi connectivity index (χ1) is 9.86. The first-order valence-electron chi connectivity index (χ1n) is 5.86. The van der Waals surface area contributed by atoms with Gasteiger partial charge in [0.25, 0.3) is 10.1 Å². The molecular weight excluding hydrogens is 294 g/mol. The second-order valence-electron chi connectivity index (χ2n) is 4.17. The van der Waals surface area contributed by atoms with Crippen molar-refractivity contribution in [2.24, 2.45) is 0 Å². The van der Waals surface area contributed by atoms with Crippen LogP contribution >= 0.6 is 0 Å². The molecule has 0 radical (unpaired) electrons. The van der Waals surface area contributed by atoms with Crippen LogP contribution in [-0.2, 0) is 10.1 Å². The zero-order valence-corrected chi connectivity index (χ0v) is 11.6. The Kier molecular flexibility index (Phi) is 4.10. The molecule has 0 heterocycles. The van der Waals surface area contributed by atoms with Crippen LogP contribution in [0.4, 0.5) is 21.9 Å². The van der Waals surface area contributed by atoms with Crippen molar-refractivity contribution in [2.45, 2.75) is 4.90 Å². The van der Waals surface area contributed by atoms with Crippen molar-refractivity contribution in [3.63, 3.8) is 0 Å². The standard InChI is InChI=1S/C13H13N3O4S/c14-11-8-10(6-7-12(11)21(18,19)20)16-13(17)15-9-4-2-1-3-5-9/h1-8H,14H2,(H2,15,16,17)(H,18,19,20). The molecule has 0 aliphatic rings. The Labute approximate surface area is 121 Å². The van der Waals surface area contributed by atoms with Crippen LogP contribution in [0.3, 0.4) is 0 Å². The molecule has 0 bridgehead atoms. The number of nitrogen functional groups attached to an aromatic ring is 1. The molecule has 0 saturated carbocycles. The van der Waals surface area contributed by atoms with E-state index in [0.717, 1.165) is 6.07 Å². The maximum Gasteiger partial charge on any atom is 0.323 e. The van der Waals surface area contributed by atoms with Crippen molar-refractivity contribution in [3.8, 4) is 0 Å². The van der Waals surface area contributed by atoms with Gasteiger partial charge in [-0.25, -0.2) is 4.79 Å². The number of nitrogens with one attached hydrogen (secondary N) is 2. The molecular formula is C13H13N3O4S. The third-order valence-corrected chi connectivity index (χ3v) is 3.50. The Hall–Kier alpha value is -2.58. The number of carbonyl (C=O) groups excluding carboxylic acids is 1. The van der Waals surface area contributed by atoms with E-state index >= 15 is 0 Å². The summed E-state index contributed by atoms with van der Waals surface area (Å²) < 4.78 is 30.9. The molecule has 0 atom stereocenters. The van der Waals surface area contributed by atoms with Crippen molar-refractivity contribution in [1.29, 1.82) is 0 Å². The van der Waals surface area contributed by atoms with Gasteiger partial charge in [0, 0.05) is 11.4 Å². The average molecular weight is 307 g/mol. The summed E-state index contributed by atoms with van der Waals surface area (Å²) >= 11 is 0. The number of carbonyl (C=O) groups is 1. The van der Waals surface area contributed by atoms with Gasteiger partial charge in [-0.3, -0.25) is 4.55 Å². The predicted molar refractivity (Wildman–Crippen MR) is 79.8 cm³/mol. The molecule has 8 heteroatoms. The van der Waals surface area contributed by atoms with Crippen LogP contribution in [0.5, 0.6) is 0 Å². The smallest absolute Gasteiger partial charge is 0.323 e. The monoisotopic (exact) mass is 307 g/mol. The number of benzene rings is 2. The number of hydrogen-bond donors (Lipinski definition) is 4. The minimum atomic E-state index is -4.38. The highest BCUT2D eigenvalue weighted by Crippen LogP contribution is 2.22. The van der Waals surface area contributed by atoms with Crippen LogP contribution in [0.25, 0.3) is 0 Å². The molecule has 2 aromatic carbocycles. The maximum atomic E-state index is 11.7. The van der Waals surface area contributed by atoms with E-state index in [-0.39, 0.29) is 5.69 Å². The molecule has 0 fully saturated rings. The molecule has 5 N–H and O–H groups in total. The lowest BCUT2D eigenvalue weighted by molar-refractivity contribution is 0.262. The van der Waals surface area contributed by atoms with Gasteiger partial charge in [0.15, 0.2) is 0 Å². The van der Waals surface area contributed by atoms with E-state index < -0.39 is 21.0 Å². The van der Waals surface area contributed by atoms with Crippen LogP contribution in [0.2, 0.25) is 0 Å². The van der Waals surface area contributed by atoms with E-state index in [1.165, 1.54) is 12.1 Å². The number of amides is 2. The van der Waals surface area contributed by atoms with Gasteiger partial charge in [0.05, 0.1) is 5.69 Å². The van der Waals surface area contributed by atoms with Crippen LogP contribution in [-0.4, -0.2) is 19.0 Å². The van der Waals surface area contributed by atoms with E-state index in [0.29, 0.717) is 11.4 Å². The summed E-state index contributed by atoms with van der Waals surface area (Å²) in [4.78, 5) is 11.3. The van der Waals surface area contributed by atoms with Crippen LogP contribution in [0, 0.1) is 0 Å². The molecule has 21 heavy (non-hydrogen) atoms. The Balaban J connectivity index is 2.10. The van der Waals surface area contributed by atoms with Crippen LogP contribution in [0.15, 0.2) is 53.4 Å². The van der Waals surface area contributed by atoms with Gasteiger partial charge in [-0.1, -0.05) is 18.2 Å². The largest absolute Gasteiger partial charge is 0.398 e. The van der Waals surface area contributed by atoms with Gasteiger partial charge >= 0.3 is 6.03 Å². The van der Waals surface area contributed by atoms with Crippen molar-refractivity contribution < 1.29 is 17.8 Å². The average Bonchev–Trinajstić information content (AvgIpc) is 2.38. The summed E-state index contributed by atoms with van der Waals surface area (Å²) in [5.41, 5.74) is 6.28. The lowest BCUT2D eigenvalue weighted by Gasteiger charge is -2.09. The number of nitrogens with two attached hydrogens (primary N) is 1. The SMILES string of the molecule is Nc1cc(NC(=O)Nc2ccccc2)ccc1S(=O)(=O)O. The fourth-order valence-corrected chi connectivity index (χ4v) is 2.27. The molecule has 2 aromatic rings. The number of hydrogen-bond acceptors (Lipinski definition) is 4. The summed E-state index contributed by atoms with van der Waals surface area (Å²) in [5, 5.41) is 5.10. The molecule has 0 saturated heterocycles. The highest BCUT2D eigenvalue weighted by molar-refractivity contribution is 7.86. The quantitative estimate of drug-likeness (QED) is 0.511. The summed E-state index contributed by atoms with van der Waals surface area (Å²) in [6.45, 7) is 0. The highest BCUT2D eigenvalue weighted by Gasteiger charge is 2.14. The Morgan fingerprint density at radius 3 is 2.19 bits per heavy atom. The van der Waals surface area contributed by atoms with Crippen molar-refractivity contribution in [1.82, 2.24) is 0 Å². The minimum absolute atomic E-state index is 0.157. The van der Waals surface area contributed by atoms with E-state index in [9.17, 15) is 13.2 Å². The highest BCUT2D eigenvalue weighted by atomic mass is 32.2. The summed E-state index contributed by atoms with van der Waals surface area (Å²) in [7, 11) is -4.38. The number of urea groups is 1. The van der Waals surface area contributed by atoms with Crippen LogP contribution < -0.4 is 16.4 Å². The Bertz CT molecular complexity index is 760. The van der Waals surface area contributed by atoms with Crippen molar-refractivity contribution >= 4 is 33.2 Å². The predicted octanol–water partition coefficient (Wildman–Crippen LogP) is 2.16. The number of anilines is 3. The van der Waals surface area contributed by atoms with Crippen LogP contribution in [0.1, 0.15) is 0 Å². The third-order valence-electron chi connectivity index (χ3n) is 2.58. The second-order valence-corrected chi connectivity index (χ2v) is 5.56. The van der Waals surface area contributed by atoms with Crippen molar-refractivity contribution in [2.75, 3.05) is 16.4 Å². The fraction of sp³-hybridized carbons (Fsp3) is 0. The maximum absolute atomic E-state index is 11.7. The van der Waals surface area contributed by atoms with Gasteiger partial charge < -0.3 is 16.4 Å². The van der Waals surface area contributed by atoms with Gasteiger partial charge in [-0.2, -0.15) is 8.42 Å². The molecule has 7 nitrogen and oxygen atoms in total. The van der Waals surface area contributed by atoms with Gasteiger partial charge in [-0.05, 0) is 30.3 Å². The van der Waals surface area contributed by atoms with Gasteiger partial charge in [0.2, 0.25) is 0 Å². The van der Waals surface area contributed by atoms with E-state index in [1.54, 1.807) is 24.3 Å². The first-order valence-corrected chi connectivity index (χ1v) is 7.30. The van der Waals surface area contributed by atoms with Crippen molar-refractivity contribution in [3.05, 3.63) is 48.5 Å². The second kappa shape index (κ2) is 5.81. The van der Waals surface area contributed by atoms with Gasteiger partial charge in [-0.15, -0.1) is 0 Å². The fourth-order valence-electron chi connectivity index (χ4n) is 1.68. The minimum Gasteiger partial charge on any atom is -0.398 e. The molecule has 0 aliphatic carbocycles. The summed E-state index contributed by atoms with van der Waals surface area (Å²) in [6.07, 6.45) is 0. The summed E-state index contributed by atoms with van der Waals surface area (Å²) in [5.74, 6) is 0. The molecule has 2 rings (SSSR count). The Morgan fingerprint density at radius 2 is 1.62 bits per heavy atom. The Morgan fingerprint density at radius 1 is 1.00 bits per heavy atom. The molecule has 2 amide bonds.